The summed E-state index contributed by atoms with van der Waals surface area (Å²) in [4.78, 5) is 25.1. The molecular weight excluding hydrogens is 322 g/mol. The molecule has 1 aliphatic heterocycles. The molecule has 1 saturated heterocycles. The summed E-state index contributed by atoms with van der Waals surface area (Å²) in [7, 11) is 0. The summed E-state index contributed by atoms with van der Waals surface area (Å²) in [6.45, 7) is 3.37. The number of phenols is 1. The smallest absolute Gasteiger partial charge is 0.266 e. The second-order valence-electron chi connectivity index (χ2n) is 5.12. The van der Waals surface area contributed by atoms with Gasteiger partial charge >= 0.3 is 0 Å². The number of thioether (sulfide) groups is 1. The van der Waals surface area contributed by atoms with E-state index in [1.807, 2.05) is 0 Å². The molecule has 2 rings (SSSR count). The minimum atomic E-state index is -1.34. The Labute approximate surface area is 137 Å². The molecular formula is C15H14NO4S2-. The Morgan fingerprint density at radius 2 is 2.05 bits per heavy atom. The quantitative estimate of drug-likeness (QED) is 0.661. The van der Waals surface area contributed by atoms with Gasteiger partial charge in [-0.1, -0.05) is 56.0 Å². The van der Waals surface area contributed by atoms with Gasteiger partial charge in [0.1, 0.15) is 10.1 Å². The lowest BCUT2D eigenvalue weighted by Gasteiger charge is -2.30. The fourth-order valence-electron chi connectivity index (χ4n) is 2.15. The third-order valence-electron chi connectivity index (χ3n) is 3.20. The first-order chi connectivity index (χ1) is 10.3. The van der Waals surface area contributed by atoms with E-state index in [-0.39, 0.29) is 20.9 Å². The van der Waals surface area contributed by atoms with Crippen LogP contribution in [-0.4, -0.2) is 32.2 Å². The molecule has 1 amide bonds. The Morgan fingerprint density at radius 3 is 2.59 bits per heavy atom. The minimum absolute atomic E-state index is 0.0353. The summed E-state index contributed by atoms with van der Waals surface area (Å²) in [5.41, 5.74) is 0.470. The van der Waals surface area contributed by atoms with Gasteiger partial charge in [0.05, 0.1) is 16.9 Å². The highest BCUT2D eigenvalue weighted by Gasteiger charge is 2.39. The molecule has 0 saturated carbocycles. The number of aliphatic carboxylic acids is 1. The molecule has 1 aliphatic rings. The molecule has 0 aliphatic carbocycles. The number of carbonyl (C=O) groups excluding carboxylic acids is 2. The maximum absolute atomic E-state index is 12.5. The van der Waals surface area contributed by atoms with E-state index in [0.29, 0.717) is 5.56 Å². The van der Waals surface area contributed by atoms with E-state index in [4.69, 9.17) is 12.2 Å². The van der Waals surface area contributed by atoms with Crippen molar-refractivity contribution in [3.63, 3.8) is 0 Å². The van der Waals surface area contributed by atoms with Gasteiger partial charge in [0.2, 0.25) is 0 Å². The van der Waals surface area contributed by atoms with Gasteiger partial charge in [-0.15, -0.1) is 0 Å². The van der Waals surface area contributed by atoms with Crippen molar-refractivity contribution >= 4 is 46.3 Å². The molecule has 1 fully saturated rings. The zero-order chi connectivity index (χ0) is 16.4. The molecule has 7 heteroatoms. The van der Waals surface area contributed by atoms with Crippen LogP contribution in [0.25, 0.3) is 6.08 Å². The van der Waals surface area contributed by atoms with Gasteiger partial charge in [-0.3, -0.25) is 9.69 Å². The van der Waals surface area contributed by atoms with E-state index >= 15 is 0 Å². The Morgan fingerprint density at radius 1 is 1.41 bits per heavy atom. The van der Waals surface area contributed by atoms with E-state index in [1.54, 1.807) is 32.0 Å². The lowest BCUT2D eigenvalue weighted by Crippen LogP contribution is -2.52. The molecule has 0 radical (unpaired) electrons. The van der Waals surface area contributed by atoms with Crippen LogP contribution in [0.15, 0.2) is 29.2 Å². The number of thiocarbonyl (C=S) groups is 1. The molecule has 0 aromatic heterocycles. The number of hydrogen-bond acceptors (Lipinski definition) is 6. The predicted molar refractivity (Wildman–Crippen MR) is 86.8 cm³/mol. The molecule has 1 atom stereocenters. The van der Waals surface area contributed by atoms with Gasteiger partial charge in [-0.2, -0.15) is 0 Å². The average Bonchev–Trinajstić information content (AvgIpc) is 2.69. The summed E-state index contributed by atoms with van der Waals surface area (Å²) in [6, 6.07) is 5.45. The number of amides is 1. The highest BCUT2D eigenvalue weighted by atomic mass is 32.2. The van der Waals surface area contributed by atoms with E-state index in [0.717, 1.165) is 16.7 Å². The number of nitrogens with zero attached hydrogens (tertiary/aromatic N) is 1. The molecule has 116 valence electrons. The van der Waals surface area contributed by atoms with E-state index in [1.165, 1.54) is 12.1 Å². The Kier molecular flexibility index (Phi) is 4.87. The maximum Gasteiger partial charge on any atom is 0.266 e. The first-order valence-corrected chi connectivity index (χ1v) is 7.81. The van der Waals surface area contributed by atoms with Crippen LogP contribution in [0, 0.1) is 5.92 Å². The molecule has 1 N–H and O–H groups in total. The first kappa shape index (κ1) is 16.5. The molecule has 22 heavy (non-hydrogen) atoms. The number of benzene rings is 1. The van der Waals surface area contributed by atoms with Crippen LogP contribution >= 0.6 is 24.0 Å². The zero-order valence-electron chi connectivity index (χ0n) is 12.0. The van der Waals surface area contributed by atoms with E-state index in [2.05, 4.69) is 0 Å². The molecule has 5 nitrogen and oxygen atoms in total. The van der Waals surface area contributed by atoms with Crippen molar-refractivity contribution in [2.45, 2.75) is 19.9 Å². The molecule has 1 aromatic carbocycles. The van der Waals surface area contributed by atoms with Crippen molar-refractivity contribution in [2.24, 2.45) is 5.92 Å². The largest absolute Gasteiger partial charge is 0.548 e. The summed E-state index contributed by atoms with van der Waals surface area (Å²) < 4.78 is 0.176. The predicted octanol–water partition coefficient (Wildman–Crippen LogP) is 1.37. The standard InChI is InChI=1S/C15H15NO4S2/c1-8(2)12(14(19)20)16-13(18)11(22-15(16)21)7-9-5-3-4-6-10(9)17/h3-8,12,17H,1-2H3,(H,19,20)/p-1/b11-7+/t12-/m1/s1. The minimum Gasteiger partial charge on any atom is -0.548 e. The number of hydrogen-bond donors (Lipinski definition) is 1. The van der Waals surface area contributed by atoms with Crippen molar-refractivity contribution in [2.75, 3.05) is 0 Å². The third-order valence-corrected chi connectivity index (χ3v) is 4.53. The second kappa shape index (κ2) is 6.50. The zero-order valence-corrected chi connectivity index (χ0v) is 13.6. The lowest BCUT2D eigenvalue weighted by atomic mass is 10.0. The SMILES string of the molecule is CC(C)[C@H](C(=O)[O-])N1C(=O)/C(=C\c2ccccc2O)SC1=S. The van der Waals surface area contributed by atoms with Crippen LogP contribution < -0.4 is 5.11 Å². The van der Waals surface area contributed by atoms with Gasteiger partial charge in [0, 0.05) is 5.56 Å². The fourth-order valence-corrected chi connectivity index (χ4v) is 3.47. The number of para-hydroxylation sites is 1. The maximum atomic E-state index is 12.5. The van der Waals surface area contributed by atoms with Crippen LogP contribution in [0.4, 0.5) is 0 Å². The monoisotopic (exact) mass is 336 g/mol. The van der Waals surface area contributed by atoms with Crippen LogP contribution in [0.5, 0.6) is 5.75 Å². The van der Waals surface area contributed by atoms with Crippen molar-refractivity contribution in [1.82, 2.24) is 4.90 Å². The number of carbonyl (C=O) groups is 2. The molecule has 0 spiro atoms. The van der Waals surface area contributed by atoms with Crippen molar-refractivity contribution in [1.29, 1.82) is 0 Å². The van der Waals surface area contributed by atoms with Crippen molar-refractivity contribution in [3.8, 4) is 5.75 Å². The normalized spacial score (nSPS) is 18.3. The van der Waals surface area contributed by atoms with Gasteiger partial charge in [0.25, 0.3) is 5.91 Å². The van der Waals surface area contributed by atoms with Gasteiger partial charge in [-0.25, -0.2) is 0 Å². The number of aromatic hydroxyl groups is 1. The highest BCUT2D eigenvalue weighted by Crippen LogP contribution is 2.36. The lowest BCUT2D eigenvalue weighted by molar-refractivity contribution is -0.311. The summed E-state index contributed by atoms with van der Waals surface area (Å²) in [6.07, 6.45) is 1.50. The average molecular weight is 336 g/mol. The Bertz CT molecular complexity index is 669. The highest BCUT2D eigenvalue weighted by molar-refractivity contribution is 8.26. The van der Waals surface area contributed by atoms with E-state index in [9.17, 15) is 19.8 Å². The number of rotatable bonds is 4. The van der Waals surface area contributed by atoms with Crippen molar-refractivity contribution in [3.05, 3.63) is 34.7 Å². The Hall–Kier alpha value is -1.86. The molecule has 0 unspecified atom stereocenters. The molecule has 1 aromatic rings. The van der Waals surface area contributed by atoms with Gasteiger partial charge < -0.3 is 15.0 Å². The van der Waals surface area contributed by atoms with Crippen LogP contribution in [0.2, 0.25) is 0 Å². The molecule has 1 heterocycles. The number of phenolic OH excluding ortho intramolecular Hbond substituents is 1. The number of carboxylic acids is 1. The molecule has 0 bridgehead atoms. The third kappa shape index (κ3) is 3.15. The van der Waals surface area contributed by atoms with Crippen LogP contribution in [-0.2, 0) is 9.59 Å². The van der Waals surface area contributed by atoms with Gasteiger partial charge in [-0.05, 0) is 18.1 Å². The first-order valence-electron chi connectivity index (χ1n) is 6.59. The van der Waals surface area contributed by atoms with Crippen molar-refractivity contribution < 1.29 is 19.8 Å². The topological polar surface area (TPSA) is 80.7 Å². The summed E-state index contributed by atoms with van der Waals surface area (Å²) in [5.74, 6) is -2.12. The van der Waals surface area contributed by atoms with E-state index < -0.39 is 17.9 Å². The summed E-state index contributed by atoms with van der Waals surface area (Å²) >= 11 is 6.15. The van der Waals surface area contributed by atoms with Gasteiger partial charge in [0.15, 0.2) is 0 Å². The second-order valence-corrected chi connectivity index (χ2v) is 6.79. The number of carboxylic acid groups (broad SMARTS) is 1. The van der Waals surface area contributed by atoms with Crippen LogP contribution in [0.3, 0.4) is 0 Å². The van der Waals surface area contributed by atoms with Crippen LogP contribution in [0.1, 0.15) is 19.4 Å². The fraction of sp³-hybridized carbons (Fsp3) is 0.267. The Balaban J connectivity index is 2.37. The summed E-state index contributed by atoms with van der Waals surface area (Å²) in [5, 5.41) is 21.1.